The fourth-order valence-corrected chi connectivity index (χ4v) is 3.34. The number of benzene rings is 1. The van der Waals surface area contributed by atoms with Gasteiger partial charge >= 0.3 is 0 Å². The number of rotatable bonds is 2. The fourth-order valence-electron chi connectivity index (χ4n) is 3.34. The van der Waals surface area contributed by atoms with E-state index in [2.05, 4.69) is 7.05 Å². The summed E-state index contributed by atoms with van der Waals surface area (Å²) in [7, 11) is 2.18. The lowest BCUT2D eigenvalue weighted by molar-refractivity contribution is -1.01. The molecule has 1 aromatic carbocycles. The molecule has 2 N–H and O–H groups in total. The number of amides is 2. The van der Waals surface area contributed by atoms with E-state index in [1.54, 1.807) is 0 Å². The molecule has 2 aliphatic heterocycles. The van der Waals surface area contributed by atoms with Gasteiger partial charge in [0.15, 0.2) is 6.04 Å². The van der Waals surface area contributed by atoms with E-state index in [0.717, 1.165) is 31.7 Å². The molecule has 1 aromatic rings. The zero-order valence-electron chi connectivity index (χ0n) is 12.7. The first-order valence-corrected chi connectivity index (χ1v) is 7.65. The van der Waals surface area contributed by atoms with Crippen LogP contribution in [0.25, 0.3) is 0 Å². The first kappa shape index (κ1) is 14.2. The van der Waals surface area contributed by atoms with Crippen LogP contribution in [0.5, 0.6) is 0 Å². The lowest BCUT2D eigenvalue weighted by Gasteiger charge is -2.30. The van der Waals surface area contributed by atoms with E-state index < -0.39 is 0 Å². The molecule has 5 heteroatoms. The molecule has 1 unspecified atom stereocenters. The largest absolute Gasteiger partial charge is 0.328 e. The lowest BCUT2D eigenvalue weighted by Crippen LogP contribution is -3.29. The number of aryl methyl sites for hydroxylation is 1. The average Bonchev–Trinajstić information content (AvgIpc) is 2.75. The summed E-state index contributed by atoms with van der Waals surface area (Å²) < 4.78 is 0. The van der Waals surface area contributed by atoms with Crippen molar-refractivity contribution in [3.63, 3.8) is 0 Å². The van der Waals surface area contributed by atoms with Gasteiger partial charge in [0.1, 0.15) is 26.2 Å². The summed E-state index contributed by atoms with van der Waals surface area (Å²) in [6.07, 6.45) is 0.348. The third-order valence-corrected chi connectivity index (χ3v) is 4.65. The Bertz CT molecular complexity index is 564. The highest BCUT2D eigenvalue weighted by molar-refractivity contribution is 6.21. The van der Waals surface area contributed by atoms with Crippen molar-refractivity contribution in [2.24, 2.45) is 0 Å². The van der Waals surface area contributed by atoms with Gasteiger partial charge in [0.2, 0.25) is 5.91 Å². The van der Waals surface area contributed by atoms with Crippen LogP contribution in [-0.4, -0.2) is 51.1 Å². The number of likely N-dealkylation sites (N-methyl/N-ethyl adjacent to an activating group) is 1. The molecule has 0 bridgehead atoms. The van der Waals surface area contributed by atoms with Gasteiger partial charge in [-0.25, -0.2) is 4.90 Å². The minimum Gasteiger partial charge on any atom is -0.328 e. The van der Waals surface area contributed by atoms with Gasteiger partial charge in [-0.05, 0) is 24.6 Å². The smallest absolute Gasteiger partial charge is 0.292 e. The number of carbonyl (C=O) groups is 2. The van der Waals surface area contributed by atoms with E-state index in [1.807, 2.05) is 31.2 Å². The quantitative estimate of drug-likeness (QED) is 0.621. The van der Waals surface area contributed by atoms with Gasteiger partial charge in [-0.3, -0.25) is 9.59 Å². The predicted octanol–water partition coefficient (Wildman–Crippen LogP) is -1.96. The molecule has 0 radical (unpaired) electrons. The molecular formula is C16H23N3O2+2. The second-order valence-electron chi connectivity index (χ2n) is 6.28. The maximum atomic E-state index is 12.7. The van der Waals surface area contributed by atoms with Crippen molar-refractivity contribution >= 4 is 17.5 Å². The highest BCUT2D eigenvalue weighted by Crippen LogP contribution is 2.22. The molecule has 2 saturated heterocycles. The second kappa shape index (κ2) is 5.58. The van der Waals surface area contributed by atoms with E-state index in [1.165, 1.54) is 14.7 Å². The van der Waals surface area contributed by atoms with E-state index >= 15 is 0 Å². The Morgan fingerprint density at radius 2 is 1.86 bits per heavy atom. The van der Waals surface area contributed by atoms with Crippen LogP contribution in [0, 0.1) is 6.92 Å². The van der Waals surface area contributed by atoms with E-state index in [4.69, 9.17) is 0 Å². The monoisotopic (exact) mass is 289 g/mol. The van der Waals surface area contributed by atoms with Crippen LogP contribution < -0.4 is 14.7 Å². The Hall–Kier alpha value is -1.72. The number of imide groups is 1. The lowest BCUT2D eigenvalue weighted by atomic mass is 10.2. The summed E-state index contributed by atoms with van der Waals surface area (Å²) in [6, 6.07) is 7.42. The van der Waals surface area contributed by atoms with Gasteiger partial charge in [0.05, 0.1) is 19.2 Å². The minimum atomic E-state index is -0.189. The Balaban J connectivity index is 1.79. The van der Waals surface area contributed by atoms with Gasteiger partial charge in [-0.2, -0.15) is 0 Å². The van der Waals surface area contributed by atoms with Gasteiger partial charge in [-0.15, -0.1) is 0 Å². The summed E-state index contributed by atoms with van der Waals surface area (Å²) in [6.45, 7) is 6.05. The number of quaternary nitrogens is 2. The summed E-state index contributed by atoms with van der Waals surface area (Å²) in [5.74, 6) is -0.0884. The molecule has 0 spiro atoms. The summed E-state index contributed by atoms with van der Waals surface area (Å²) in [5.41, 5.74) is 1.78. The van der Waals surface area contributed by atoms with Crippen LogP contribution in [0.3, 0.4) is 0 Å². The molecule has 1 atom stereocenters. The van der Waals surface area contributed by atoms with Crippen LogP contribution in [0.1, 0.15) is 12.0 Å². The maximum Gasteiger partial charge on any atom is 0.292 e. The number of carbonyl (C=O) groups excluding carboxylic acids is 2. The molecule has 2 amide bonds. The van der Waals surface area contributed by atoms with Crippen LogP contribution >= 0.6 is 0 Å². The normalized spacial score (nSPS) is 30.0. The van der Waals surface area contributed by atoms with Gasteiger partial charge < -0.3 is 9.80 Å². The zero-order valence-corrected chi connectivity index (χ0v) is 12.7. The summed E-state index contributed by atoms with van der Waals surface area (Å²) >= 11 is 0. The number of hydrogen-bond acceptors (Lipinski definition) is 2. The van der Waals surface area contributed by atoms with Gasteiger partial charge in [0.25, 0.3) is 5.91 Å². The number of hydrogen-bond donors (Lipinski definition) is 2. The summed E-state index contributed by atoms with van der Waals surface area (Å²) in [4.78, 5) is 29.1. The van der Waals surface area contributed by atoms with Crippen molar-refractivity contribution in [3.05, 3.63) is 29.8 Å². The van der Waals surface area contributed by atoms with Crippen LogP contribution in [-0.2, 0) is 9.59 Å². The molecule has 2 fully saturated rings. The molecule has 0 aliphatic carbocycles. The number of nitrogens with one attached hydrogen (secondary N) is 2. The molecule has 0 aromatic heterocycles. The Kier molecular flexibility index (Phi) is 3.78. The van der Waals surface area contributed by atoms with Crippen molar-refractivity contribution in [2.45, 2.75) is 19.4 Å². The minimum absolute atomic E-state index is 0.0276. The van der Waals surface area contributed by atoms with Gasteiger partial charge in [-0.1, -0.05) is 12.1 Å². The predicted molar refractivity (Wildman–Crippen MR) is 79.4 cm³/mol. The number of anilines is 1. The first-order chi connectivity index (χ1) is 10.1. The zero-order chi connectivity index (χ0) is 15.0. The molecule has 3 rings (SSSR count). The first-order valence-electron chi connectivity index (χ1n) is 7.65. The molecule has 21 heavy (non-hydrogen) atoms. The molecule has 2 aliphatic rings. The SMILES string of the molecule is Cc1cccc(N2C(=O)CC([NH+]3CC[NH+](C)CC3)C2=O)c1. The third kappa shape index (κ3) is 2.71. The van der Waals surface area contributed by atoms with Crippen LogP contribution in [0.15, 0.2) is 24.3 Å². The molecule has 112 valence electrons. The second-order valence-corrected chi connectivity index (χ2v) is 6.28. The van der Waals surface area contributed by atoms with E-state index in [0.29, 0.717) is 12.1 Å². The van der Waals surface area contributed by atoms with E-state index in [9.17, 15) is 9.59 Å². The Morgan fingerprint density at radius 3 is 2.52 bits per heavy atom. The topological polar surface area (TPSA) is 46.3 Å². The van der Waals surface area contributed by atoms with Gasteiger partial charge in [0, 0.05) is 0 Å². The summed E-state index contributed by atoms with van der Waals surface area (Å²) in [5, 5.41) is 0. The van der Waals surface area contributed by atoms with Crippen LogP contribution in [0.2, 0.25) is 0 Å². The molecule has 5 nitrogen and oxygen atoms in total. The number of nitrogens with zero attached hydrogens (tertiary/aromatic N) is 1. The fraction of sp³-hybridized carbons (Fsp3) is 0.500. The molecule has 2 heterocycles. The van der Waals surface area contributed by atoms with E-state index in [-0.39, 0.29) is 17.9 Å². The average molecular weight is 289 g/mol. The maximum absolute atomic E-state index is 12.7. The van der Waals surface area contributed by atoms with Crippen molar-refractivity contribution in [2.75, 3.05) is 38.1 Å². The number of piperazine rings is 1. The molecular weight excluding hydrogens is 266 g/mol. The Labute approximate surface area is 125 Å². The molecule has 0 saturated carbocycles. The highest BCUT2D eigenvalue weighted by atomic mass is 16.2. The van der Waals surface area contributed by atoms with Crippen molar-refractivity contribution in [1.29, 1.82) is 0 Å². The van der Waals surface area contributed by atoms with Crippen molar-refractivity contribution in [3.8, 4) is 0 Å². The van der Waals surface area contributed by atoms with Crippen LogP contribution in [0.4, 0.5) is 5.69 Å². The highest BCUT2D eigenvalue weighted by Gasteiger charge is 2.46. The third-order valence-electron chi connectivity index (χ3n) is 4.65. The van der Waals surface area contributed by atoms with Crippen molar-refractivity contribution in [1.82, 2.24) is 0 Å². The standard InChI is InChI=1S/C16H21N3O2/c1-12-4-3-5-13(10-12)19-15(20)11-14(16(19)21)18-8-6-17(2)7-9-18/h3-5,10,14H,6-9,11H2,1-2H3/p+2. The van der Waals surface area contributed by atoms with Crippen molar-refractivity contribution < 1.29 is 19.4 Å². The Morgan fingerprint density at radius 1 is 1.14 bits per heavy atom.